The molecule has 0 radical (unpaired) electrons. The summed E-state index contributed by atoms with van der Waals surface area (Å²) in [6.45, 7) is 0.547. The van der Waals surface area contributed by atoms with Crippen LogP contribution >= 0.6 is 11.6 Å². The summed E-state index contributed by atoms with van der Waals surface area (Å²) in [5.41, 5.74) is 4.93. The van der Waals surface area contributed by atoms with Crippen molar-refractivity contribution in [2.24, 2.45) is 11.8 Å². The molecule has 14 nitrogen and oxygen atoms in total. The van der Waals surface area contributed by atoms with Gasteiger partial charge in [0.25, 0.3) is 20.2 Å². The summed E-state index contributed by atoms with van der Waals surface area (Å²) in [7, 11) is -16.2. The third-order valence-electron chi connectivity index (χ3n) is 11.1. The lowest BCUT2D eigenvalue weighted by Crippen LogP contribution is -2.19. The van der Waals surface area contributed by atoms with Gasteiger partial charge < -0.3 is 9.12 Å². The summed E-state index contributed by atoms with van der Waals surface area (Å²) >= 11 is 7.30. The van der Waals surface area contributed by atoms with Gasteiger partial charge in [0.1, 0.15) is 4.90 Å². The van der Waals surface area contributed by atoms with Crippen LogP contribution in [0.1, 0.15) is 37.7 Å². The van der Waals surface area contributed by atoms with E-state index in [-0.39, 0.29) is 36.1 Å². The first kappa shape index (κ1) is 42.6. The van der Waals surface area contributed by atoms with Gasteiger partial charge in [0.05, 0.1) is 26.8 Å². The highest BCUT2D eigenvalue weighted by atomic mass is 35.5. The summed E-state index contributed by atoms with van der Waals surface area (Å²) in [5.74, 6) is -0.483. The van der Waals surface area contributed by atoms with Gasteiger partial charge in [-0.2, -0.15) is 21.4 Å². The molecule has 5 aromatic rings. The quantitative estimate of drug-likeness (QED) is 0.118. The molecule has 1 aromatic heterocycles. The second-order valence-electron chi connectivity index (χ2n) is 14.6. The maximum atomic E-state index is 12.3. The van der Waals surface area contributed by atoms with Crippen molar-refractivity contribution >= 4 is 102 Å². The summed E-state index contributed by atoms with van der Waals surface area (Å²) in [5, 5.41) is 5.58. The molecule has 2 atom stereocenters. The molecule has 0 spiro atoms. The molecule has 1 aliphatic heterocycles. The zero-order chi connectivity index (χ0) is 42.4. The standard InChI is InChI=1S/C40H37ClN2O9S3.O3S/c41-40-28(14-16-33-30-8-1-6-25-7-2-11-35(38(25)30)42(33)20-4-22-53(44,45)46)26-12-13-27(24-26)29(40)15-17-34-31-9-3-10-32-37(55(50,51)52)19-18-36(39(31)32)43(34)21-5-23-54(47,48)49;1-4(2)3/h1-3,6-11,14-19,26-27H,4-5,12-13,20-24H2,(H2-,44,45,46,47,48,49,50,51,52);. The number of aromatic nitrogens is 1. The Labute approximate surface area is 346 Å². The summed E-state index contributed by atoms with van der Waals surface area (Å²) in [6.07, 6.45) is 11.0. The van der Waals surface area contributed by atoms with E-state index in [0.29, 0.717) is 39.3 Å². The molecule has 2 bridgehead atoms. The Balaban J connectivity index is 0.00000126. The topological polar surface area (TPSA) is 225 Å². The van der Waals surface area contributed by atoms with Crippen molar-refractivity contribution in [2.75, 3.05) is 18.1 Å². The Bertz CT molecular complexity index is 3200. The second kappa shape index (κ2) is 16.5. The zero-order valence-electron chi connectivity index (χ0n) is 31.1. The summed E-state index contributed by atoms with van der Waals surface area (Å²) in [6, 6.07) is 20.2. The van der Waals surface area contributed by atoms with E-state index in [1.54, 1.807) is 18.2 Å². The Morgan fingerprint density at radius 3 is 2.19 bits per heavy atom. The molecule has 1 fully saturated rings. The fraction of sp³-hybridized carbons (Fsp3) is 0.275. The van der Waals surface area contributed by atoms with Crippen LogP contribution in [0.5, 0.6) is 0 Å². The lowest BCUT2D eigenvalue weighted by molar-refractivity contribution is -0.435. The Morgan fingerprint density at radius 2 is 1.49 bits per heavy atom. The van der Waals surface area contributed by atoms with Crippen LogP contribution in [0.25, 0.3) is 38.5 Å². The van der Waals surface area contributed by atoms with Gasteiger partial charge in [-0.3, -0.25) is 9.11 Å². The average molecular weight is 901 g/mol. The third-order valence-corrected chi connectivity index (χ3v) is 14.0. The lowest BCUT2D eigenvalue weighted by Gasteiger charge is -2.24. The van der Waals surface area contributed by atoms with Crippen LogP contribution in [-0.4, -0.2) is 84.4 Å². The van der Waals surface area contributed by atoms with Gasteiger partial charge in [-0.05, 0) is 78.3 Å². The van der Waals surface area contributed by atoms with Crippen molar-refractivity contribution in [1.29, 1.82) is 0 Å². The molecule has 19 heteroatoms. The third kappa shape index (κ3) is 9.00. The van der Waals surface area contributed by atoms with Crippen LogP contribution in [0.15, 0.2) is 106 Å². The monoisotopic (exact) mass is 900 g/mol. The van der Waals surface area contributed by atoms with Crippen LogP contribution < -0.4 is 5.35 Å². The number of halogens is 1. The van der Waals surface area contributed by atoms with Crippen molar-refractivity contribution in [3.8, 4) is 0 Å². The molecule has 8 rings (SSSR count). The van der Waals surface area contributed by atoms with Crippen LogP contribution in [0, 0.1) is 11.8 Å². The minimum Gasteiger partial charge on any atom is -0.748 e. The molecule has 2 heterocycles. The van der Waals surface area contributed by atoms with Crippen molar-refractivity contribution in [2.45, 2.75) is 43.5 Å². The highest BCUT2D eigenvalue weighted by Crippen LogP contribution is 2.50. The van der Waals surface area contributed by atoms with Gasteiger partial charge in [-0.25, -0.2) is 8.42 Å². The summed E-state index contributed by atoms with van der Waals surface area (Å²) in [4.78, 5) is -0.231. The van der Waals surface area contributed by atoms with Gasteiger partial charge >= 0.3 is 10.6 Å². The smallest absolute Gasteiger partial charge is 0.425 e. The Morgan fingerprint density at radius 1 is 0.814 bits per heavy atom. The normalized spacial score (nSPS) is 19.3. The highest BCUT2D eigenvalue weighted by Gasteiger charge is 2.38. The van der Waals surface area contributed by atoms with E-state index in [1.807, 2.05) is 65.3 Å². The van der Waals surface area contributed by atoms with E-state index in [1.165, 1.54) is 6.07 Å². The van der Waals surface area contributed by atoms with E-state index < -0.39 is 52.5 Å². The predicted molar refractivity (Wildman–Crippen MR) is 223 cm³/mol. The van der Waals surface area contributed by atoms with E-state index in [0.717, 1.165) is 57.4 Å². The van der Waals surface area contributed by atoms with Crippen molar-refractivity contribution < 1.29 is 56.1 Å². The number of allylic oxidation sites excluding steroid dienone is 6. The zero-order valence-corrected chi connectivity index (χ0v) is 35.1. The number of fused-ring (bicyclic) bond motifs is 2. The van der Waals surface area contributed by atoms with Crippen molar-refractivity contribution in [1.82, 2.24) is 4.57 Å². The molecule has 3 aliphatic rings. The lowest BCUT2D eigenvalue weighted by atomic mass is 9.84. The number of hydrogen-bond acceptors (Lipinski definition) is 10. The molecular formula is C40H37ClN2O12S4. The van der Waals surface area contributed by atoms with E-state index in [2.05, 4.69) is 10.6 Å². The number of aryl methyl sites for hydroxylation is 1. The number of hydrogen-bond donors (Lipinski definition) is 2. The van der Waals surface area contributed by atoms with Gasteiger partial charge in [0.15, 0.2) is 6.54 Å². The van der Waals surface area contributed by atoms with E-state index in [9.17, 15) is 38.9 Å². The maximum absolute atomic E-state index is 12.3. The Hall–Kier alpha value is -4.53. The van der Waals surface area contributed by atoms with Crippen LogP contribution in [-0.2, 0) is 47.5 Å². The fourth-order valence-electron chi connectivity index (χ4n) is 8.81. The molecule has 2 unspecified atom stereocenters. The minimum absolute atomic E-state index is 0.0995. The molecule has 0 saturated heterocycles. The first-order valence-electron chi connectivity index (χ1n) is 18.5. The molecule has 2 aliphatic carbocycles. The van der Waals surface area contributed by atoms with Crippen LogP contribution in [0.4, 0.5) is 5.69 Å². The Kier molecular flexibility index (Phi) is 11.9. The van der Waals surface area contributed by atoms with Crippen molar-refractivity contribution in [3.05, 3.63) is 112 Å². The molecule has 2 N–H and O–H groups in total. The minimum atomic E-state index is -4.54. The van der Waals surface area contributed by atoms with Gasteiger partial charge in [-0.1, -0.05) is 66.2 Å². The van der Waals surface area contributed by atoms with Gasteiger partial charge in [0.2, 0.25) is 11.4 Å². The first-order chi connectivity index (χ1) is 27.8. The number of benzene rings is 4. The number of rotatable bonds is 12. The average Bonchev–Trinajstić information content (AvgIpc) is 3.80. The van der Waals surface area contributed by atoms with Crippen LogP contribution in [0.3, 0.4) is 0 Å². The predicted octanol–water partition coefficient (Wildman–Crippen LogP) is 5.46. The van der Waals surface area contributed by atoms with E-state index >= 15 is 0 Å². The molecule has 310 valence electrons. The molecule has 59 heavy (non-hydrogen) atoms. The largest absolute Gasteiger partial charge is 0.748 e. The van der Waals surface area contributed by atoms with Crippen LogP contribution in [0.2, 0.25) is 0 Å². The number of nitrogens with zero attached hydrogens (tertiary/aromatic N) is 2. The van der Waals surface area contributed by atoms with Crippen molar-refractivity contribution in [3.63, 3.8) is 0 Å². The molecule has 4 aromatic carbocycles. The molecular weight excluding hydrogens is 864 g/mol. The SMILES string of the molecule is O=S(=O)([O-])CCCn1c(=CC=C2C(Cl)=C(C=CC3=[N+](CCCS(=O)(=O)O)c4ccc(S(=O)(=O)O)c5cccc3c45)C3CCC2C3)c2cccc3cccc1c32.O=S(=O)=O. The van der Waals surface area contributed by atoms with Gasteiger partial charge in [-0.15, -0.1) is 12.6 Å². The molecule has 1 saturated carbocycles. The van der Waals surface area contributed by atoms with Gasteiger partial charge in [0, 0.05) is 62.9 Å². The maximum Gasteiger partial charge on any atom is 0.425 e. The summed E-state index contributed by atoms with van der Waals surface area (Å²) < 4.78 is 131. The second-order valence-corrected chi connectivity index (χ2v) is 19.9. The molecule has 0 amide bonds. The fourth-order valence-corrected chi connectivity index (χ4v) is 10.9. The highest BCUT2D eigenvalue weighted by molar-refractivity contribution is 7.86. The van der Waals surface area contributed by atoms with E-state index in [4.69, 9.17) is 24.2 Å². The first-order valence-corrected chi connectivity index (χ1v) is 24.5.